The first kappa shape index (κ1) is 30.3. The van der Waals surface area contributed by atoms with E-state index in [2.05, 4.69) is 0 Å². The highest BCUT2D eigenvalue weighted by atomic mass is 16.3. The van der Waals surface area contributed by atoms with Gasteiger partial charge in [-0.25, -0.2) is 0 Å². The fraction of sp³-hybridized carbons (Fsp3) is 0.710. The summed E-state index contributed by atoms with van der Waals surface area (Å²) in [5.41, 5.74) is 3.05. The zero-order valence-electron chi connectivity index (χ0n) is 23.5. The molecule has 3 atom stereocenters. The van der Waals surface area contributed by atoms with Gasteiger partial charge in [-0.05, 0) is 74.0 Å². The van der Waals surface area contributed by atoms with E-state index in [9.17, 15) is 29.7 Å². The van der Waals surface area contributed by atoms with E-state index in [0.29, 0.717) is 24.8 Å². The molecule has 3 N–H and O–H groups in total. The van der Waals surface area contributed by atoms with Crippen molar-refractivity contribution in [1.82, 2.24) is 0 Å². The van der Waals surface area contributed by atoms with E-state index in [1.54, 1.807) is 0 Å². The highest BCUT2D eigenvalue weighted by Gasteiger charge is 2.36. The molecule has 0 amide bonds. The van der Waals surface area contributed by atoms with Crippen LogP contribution >= 0.6 is 0 Å². The number of hydrogen-bond acceptors (Lipinski definition) is 7. The fourth-order valence-electron chi connectivity index (χ4n) is 6.76. The molecular formula is C31H47NO6. The number of anilines is 1. The Hall–Kier alpha value is -2.25. The van der Waals surface area contributed by atoms with Crippen molar-refractivity contribution in [3.63, 3.8) is 0 Å². The average Bonchev–Trinajstić information content (AvgIpc) is 2.85. The van der Waals surface area contributed by atoms with Crippen LogP contribution < -0.4 is 4.90 Å². The summed E-state index contributed by atoms with van der Waals surface area (Å²) >= 11 is 0. The number of Topliss-reactive ketones (excluding diaryl/α,β-unsaturated/α-hetero) is 3. The number of ketones is 3. The number of aryl methyl sites for hydroxylation is 1. The standard InChI is InChI=1S/C31H47NO6/c1-20(35)14-28(36)26(19-34)23(12-13-33)15-22-16-25-27(32(2)3)18-24(31(38)30(25)29(37)17-22)11-7-10-21-8-5-4-6-9-21/h18,21-23,26,33-34,38H,4-17,19H2,1-3H3. The first-order valence-electron chi connectivity index (χ1n) is 14.5. The summed E-state index contributed by atoms with van der Waals surface area (Å²) in [6.07, 6.45) is 10.9. The fourth-order valence-corrected chi connectivity index (χ4v) is 6.76. The van der Waals surface area contributed by atoms with Crippen molar-refractivity contribution in [3.8, 4) is 5.75 Å². The van der Waals surface area contributed by atoms with Crippen LogP contribution in [0.4, 0.5) is 5.69 Å². The van der Waals surface area contributed by atoms with Crippen molar-refractivity contribution in [1.29, 1.82) is 0 Å². The number of aromatic hydroxyl groups is 1. The molecule has 0 heterocycles. The van der Waals surface area contributed by atoms with Crippen molar-refractivity contribution in [3.05, 3.63) is 22.8 Å². The van der Waals surface area contributed by atoms with E-state index in [1.165, 1.54) is 39.0 Å². The topological polar surface area (TPSA) is 115 Å². The molecular weight excluding hydrogens is 482 g/mol. The predicted molar refractivity (Wildman–Crippen MR) is 149 cm³/mol. The Balaban J connectivity index is 1.80. The molecule has 2 aliphatic rings. The number of rotatable bonds is 14. The molecule has 0 radical (unpaired) electrons. The van der Waals surface area contributed by atoms with Gasteiger partial charge >= 0.3 is 0 Å². The molecule has 0 bridgehead atoms. The molecule has 7 heteroatoms. The maximum atomic E-state index is 13.4. The third-order valence-electron chi connectivity index (χ3n) is 8.71. The van der Waals surface area contributed by atoms with Crippen LogP contribution in [0.5, 0.6) is 5.75 Å². The molecule has 2 aliphatic carbocycles. The zero-order valence-corrected chi connectivity index (χ0v) is 23.5. The maximum Gasteiger partial charge on any atom is 0.167 e. The van der Waals surface area contributed by atoms with Crippen LogP contribution in [0.1, 0.15) is 99.0 Å². The number of carbonyl (C=O) groups excluding carboxylic acids is 3. The SMILES string of the molecule is CC(=O)CC(=O)C(CO)C(CCO)CC1CC(=O)c2c(O)c(CCCC3CCCCC3)cc(N(C)C)c2C1. The number of fused-ring (bicyclic) bond motifs is 1. The Bertz CT molecular complexity index is 981. The first-order chi connectivity index (χ1) is 18.2. The van der Waals surface area contributed by atoms with Gasteiger partial charge in [-0.2, -0.15) is 0 Å². The van der Waals surface area contributed by atoms with Gasteiger partial charge < -0.3 is 20.2 Å². The lowest BCUT2D eigenvalue weighted by molar-refractivity contribution is -0.131. The van der Waals surface area contributed by atoms with Crippen molar-refractivity contribution in [2.45, 2.75) is 90.4 Å². The van der Waals surface area contributed by atoms with Crippen molar-refractivity contribution < 1.29 is 29.7 Å². The van der Waals surface area contributed by atoms with Crippen LogP contribution in [0.3, 0.4) is 0 Å². The van der Waals surface area contributed by atoms with E-state index in [4.69, 9.17) is 0 Å². The van der Waals surface area contributed by atoms with Crippen LogP contribution in [0.2, 0.25) is 0 Å². The first-order valence-corrected chi connectivity index (χ1v) is 14.5. The Morgan fingerprint density at radius 3 is 2.39 bits per heavy atom. The van der Waals surface area contributed by atoms with Crippen molar-refractivity contribution >= 4 is 23.0 Å². The quantitative estimate of drug-likeness (QED) is 0.301. The third kappa shape index (κ3) is 7.66. The summed E-state index contributed by atoms with van der Waals surface area (Å²) < 4.78 is 0. The molecule has 0 saturated heterocycles. The zero-order chi connectivity index (χ0) is 27.8. The van der Waals surface area contributed by atoms with Gasteiger partial charge in [0.05, 0.1) is 18.6 Å². The van der Waals surface area contributed by atoms with E-state index < -0.39 is 5.92 Å². The number of carbonyl (C=O) groups is 3. The Morgan fingerprint density at radius 2 is 1.79 bits per heavy atom. The monoisotopic (exact) mass is 529 g/mol. The van der Waals surface area contributed by atoms with Crippen LogP contribution in [0, 0.1) is 23.7 Å². The molecule has 1 fully saturated rings. The lowest BCUT2D eigenvalue weighted by atomic mass is 9.73. The number of nitrogens with zero attached hydrogens (tertiary/aromatic N) is 1. The largest absolute Gasteiger partial charge is 0.507 e. The Labute approximate surface area is 227 Å². The van der Waals surface area contributed by atoms with E-state index in [0.717, 1.165) is 42.0 Å². The van der Waals surface area contributed by atoms with E-state index in [-0.39, 0.29) is 61.0 Å². The predicted octanol–water partition coefficient (Wildman–Crippen LogP) is 4.65. The lowest BCUT2D eigenvalue weighted by Gasteiger charge is -2.33. The Morgan fingerprint density at radius 1 is 1.08 bits per heavy atom. The third-order valence-corrected chi connectivity index (χ3v) is 8.71. The number of benzene rings is 1. The van der Waals surface area contributed by atoms with Crippen molar-refractivity contribution in [2.75, 3.05) is 32.2 Å². The summed E-state index contributed by atoms with van der Waals surface area (Å²) in [6.45, 7) is 0.825. The van der Waals surface area contributed by atoms with Gasteiger partial charge in [-0.15, -0.1) is 0 Å². The molecule has 0 spiro atoms. The molecule has 3 unspecified atom stereocenters. The normalized spacial score (nSPS) is 19.6. The minimum atomic E-state index is -0.740. The van der Waals surface area contributed by atoms with Gasteiger partial charge in [0.25, 0.3) is 0 Å². The summed E-state index contributed by atoms with van der Waals surface area (Å²) in [7, 11) is 3.90. The summed E-state index contributed by atoms with van der Waals surface area (Å²) in [5, 5.41) is 30.8. The molecule has 1 saturated carbocycles. The smallest absolute Gasteiger partial charge is 0.167 e. The molecule has 1 aromatic rings. The second kappa shape index (κ2) is 14.2. The summed E-state index contributed by atoms with van der Waals surface area (Å²) in [5.74, 6) is -0.914. The minimum Gasteiger partial charge on any atom is -0.507 e. The number of hydrogen-bond donors (Lipinski definition) is 3. The van der Waals surface area contributed by atoms with E-state index >= 15 is 0 Å². The number of aliphatic hydroxyl groups is 2. The van der Waals surface area contributed by atoms with Crippen LogP contribution in [0.15, 0.2) is 6.07 Å². The van der Waals surface area contributed by atoms with Gasteiger partial charge in [0.1, 0.15) is 17.3 Å². The highest BCUT2D eigenvalue weighted by molar-refractivity contribution is 6.03. The van der Waals surface area contributed by atoms with Gasteiger partial charge in [-0.3, -0.25) is 14.4 Å². The van der Waals surface area contributed by atoms with Crippen LogP contribution in [0.25, 0.3) is 0 Å². The molecule has 0 aliphatic heterocycles. The van der Waals surface area contributed by atoms with E-state index in [1.807, 2.05) is 25.1 Å². The van der Waals surface area contributed by atoms with Crippen LogP contribution in [-0.2, 0) is 22.4 Å². The second-order valence-corrected chi connectivity index (χ2v) is 11.9. The molecule has 212 valence electrons. The Kier molecular flexibility index (Phi) is 11.3. The van der Waals surface area contributed by atoms with Crippen LogP contribution in [-0.4, -0.2) is 60.0 Å². The molecule has 7 nitrogen and oxygen atoms in total. The number of phenols is 1. The molecule has 1 aromatic carbocycles. The summed E-state index contributed by atoms with van der Waals surface area (Å²) in [6, 6.07) is 2.03. The molecule has 0 aromatic heterocycles. The average molecular weight is 530 g/mol. The van der Waals surface area contributed by atoms with Gasteiger partial charge in [0.2, 0.25) is 0 Å². The van der Waals surface area contributed by atoms with Gasteiger partial charge in [-0.1, -0.05) is 38.5 Å². The number of aliphatic hydroxyl groups excluding tert-OH is 2. The summed E-state index contributed by atoms with van der Waals surface area (Å²) in [4.78, 5) is 39.6. The van der Waals surface area contributed by atoms with Crippen molar-refractivity contribution in [2.24, 2.45) is 23.7 Å². The lowest BCUT2D eigenvalue weighted by Crippen LogP contribution is -2.33. The van der Waals surface area contributed by atoms with Gasteiger partial charge in [0.15, 0.2) is 5.78 Å². The molecule has 3 rings (SSSR count). The number of phenolic OH excluding ortho intramolecular Hbond substituents is 1. The highest BCUT2D eigenvalue weighted by Crippen LogP contribution is 2.43. The minimum absolute atomic E-state index is 0.0824. The van der Waals surface area contributed by atoms with Gasteiger partial charge in [0, 0.05) is 38.7 Å². The maximum absolute atomic E-state index is 13.4. The molecule has 38 heavy (non-hydrogen) atoms. The second-order valence-electron chi connectivity index (χ2n) is 11.9.